The first-order chi connectivity index (χ1) is 10.8. The van der Waals surface area contributed by atoms with Gasteiger partial charge in [0.2, 0.25) is 0 Å². The SMILES string of the molecule is O=C1c2c(O)cccc2CN1Cc1ccc(Cl)c(C(F)(F)F)c1. The Kier molecular flexibility index (Phi) is 3.72. The lowest BCUT2D eigenvalue weighted by Crippen LogP contribution is -2.23. The van der Waals surface area contributed by atoms with Crippen LogP contribution in [0.5, 0.6) is 5.75 Å². The summed E-state index contributed by atoms with van der Waals surface area (Å²) < 4.78 is 38.7. The minimum atomic E-state index is -4.55. The number of phenolic OH excluding ortho intramolecular Hbond substituents is 1. The molecule has 0 bridgehead atoms. The molecule has 0 aliphatic carbocycles. The summed E-state index contributed by atoms with van der Waals surface area (Å²) in [6.45, 7) is 0.250. The molecular formula is C16H11ClF3NO2. The molecule has 0 spiro atoms. The maximum Gasteiger partial charge on any atom is 0.417 e. The lowest BCUT2D eigenvalue weighted by atomic mass is 10.1. The Morgan fingerprint density at radius 1 is 1.22 bits per heavy atom. The van der Waals surface area contributed by atoms with Crippen LogP contribution < -0.4 is 0 Å². The number of hydrogen-bond donors (Lipinski definition) is 1. The largest absolute Gasteiger partial charge is 0.507 e. The van der Waals surface area contributed by atoms with Gasteiger partial charge in [0.15, 0.2) is 0 Å². The third kappa shape index (κ3) is 2.86. The van der Waals surface area contributed by atoms with Crippen LogP contribution in [-0.4, -0.2) is 15.9 Å². The number of rotatable bonds is 2. The molecule has 1 amide bonds. The monoisotopic (exact) mass is 341 g/mol. The van der Waals surface area contributed by atoms with Crippen molar-refractivity contribution in [3.8, 4) is 5.75 Å². The van der Waals surface area contributed by atoms with Gasteiger partial charge in [-0.15, -0.1) is 0 Å². The Hall–Kier alpha value is -2.21. The number of phenols is 1. The Balaban J connectivity index is 1.87. The topological polar surface area (TPSA) is 40.5 Å². The average molecular weight is 342 g/mol. The molecule has 0 aromatic heterocycles. The second-order valence-corrected chi connectivity index (χ2v) is 5.69. The van der Waals surface area contributed by atoms with Crippen LogP contribution in [0.1, 0.15) is 27.0 Å². The molecule has 2 aromatic carbocycles. The number of alkyl halides is 3. The summed E-state index contributed by atoms with van der Waals surface area (Å²) in [4.78, 5) is 13.7. The summed E-state index contributed by atoms with van der Waals surface area (Å²) in [5.74, 6) is -0.524. The Morgan fingerprint density at radius 2 is 1.96 bits per heavy atom. The van der Waals surface area contributed by atoms with E-state index in [2.05, 4.69) is 0 Å². The molecule has 0 radical (unpaired) electrons. The van der Waals surface area contributed by atoms with Crippen molar-refractivity contribution in [2.75, 3.05) is 0 Å². The number of nitrogens with zero attached hydrogens (tertiary/aromatic N) is 1. The minimum absolute atomic E-state index is 0.00715. The number of aromatic hydroxyl groups is 1. The first-order valence-electron chi connectivity index (χ1n) is 6.73. The Morgan fingerprint density at radius 3 is 2.61 bits per heavy atom. The summed E-state index contributed by atoms with van der Waals surface area (Å²) in [6.07, 6.45) is -4.55. The van der Waals surface area contributed by atoms with Crippen molar-refractivity contribution >= 4 is 17.5 Å². The zero-order valence-electron chi connectivity index (χ0n) is 11.7. The molecule has 3 rings (SSSR count). The lowest BCUT2D eigenvalue weighted by Gasteiger charge is -2.17. The highest BCUT2D eigenvalue weighted by Gasteiger charge is 2.34. The molecule has 0 unspecified atom stereocenters. The van der Waals surface area contributed by atoms with Gasteiger partial charge < -0.3 is 10.0 Å². The molecule has 3 nitrogen and oxygen atoms in total. The van der Waals surface area contributed by atoms with Gasteiger partial charge in [0.25, 0.3) is 5.91 Å². The highest BCUT2D eigenvalue weighted by molar-refractivity contribution is 6.31. The molecule has 0 saturated heterocycles. The number of benzene rings is 2. The Labute approximate surface area is 134 Å². The van der Waals surface area contributed by atoms with Crippen molar-refractivity contribution in [2.24, 2.45) is 0 Å². The maximum absolute atomic E-state index is 12.9. The van der Waals surface area contributed by atoms with E-state index in [1.54, 1.807) is 12.1 Å². The molecule has 7 heteroatoms. The standard InChI is InChI=1S/C16H11ClF3NO2/c17-12-5-4-9(6-11(12)16(18,19)20)7-21-8-10-2-1-3-13(22)14(10)15(21)23/h1-6,22H,7-8H2. The van der Waals surface area contributed by atoms with E-state index in [4.69, 9.17) is 11.6 Å². The van der Waals surface area contributed by atoms with Gasteiger partial charge >= 0.3 is 6.18 Å². The third-order valence-electron chi connectivity index (χ3n) is 3.70. The van der Waals surface area contributed by atoms with Gasteiger partial charge in [0, 0.05) is 13.1 Å². The van der Waals surface area contributed by atoms with Gasteiger partial charge in [-0.1, -0.05) is 29.8 Å². The molecule has 0 saturated carbocycles. The van der Waals surface area contributed by atoms with E-state index < -0.39 is 17.6 Å². The van der Waals surface area contributed by atoms with E-state index in [1.807, 2.05) is 0 Å². The smallest absolute Gasteiger partial charge is 0.417 e. The van der Waals surface area contributed by atoms with Crippen LogP contribution in [0.2, 0.25) is 5.02 Å². The van der Waals surface area contributed by atoms with Crippen LogP contribution in [0.25, 0.3) is 0 Å². The van der Waals surface area contributed by atoms with Crippen molar-refractivity contribution in [1.29, 1.82) is 0 Å². The van der Waals surface area contributed by atoms with Gasteiger partial charge in [-0.2, -0.15) is 13.2 Å². The van der Waals surface area contributed by atoms with Gasteiger partial charge in [0.1, 0.15) is 5.75 Å². The van der Waals surface area contributed by atoms with Crippen LogP contribution in [0.4, 0.5) is 13.2 Å². The van der Waals surface area contributed by atoms with E-state index >= 15 is 0 Å². The second-order valence-electron chi connectivity index (χ2n) is 5.28. The number of hydrogen-bond acceptors (Lipinski definition) is 2. The number of carbonyl (C=O) groups is 1. The van der Waals surface area contributed by atoms with Crippen LogP contribution in [-0.2, 0) is 19.3 Å². The van der Waals surface area contributed by atoms with Gasteiger partial charge in [-0.25, -0.2) is 0 Å². The lowest BCUT2D eigenvalue weighted by molar-refractivity contribution is -0.137. The van der Waals surface area contributed by atoms with Crippen LogP contribution in [0.15, 0.2) is 36.4 Å². The number of carbonyl (C=O) groups excluding carboxylic acids is 1. The van der Waals surface area contributed by atoms with Crippen LogP contribution in [0, 0.1) is 0 Å². The molecule has 1 aliphatic rings. The summed E-state index contributed by atoms with van der Waals surface area (Å²) >= 11 is 5.59. The molecule has 1 heterocycles. The molecule has 1 N–H and O–H groups in total. The average Bonchev–Trinajstić information content (AvgIpc) is 2.77. The van der Waals surface area contributed by atoms with E-state index in [9.17, 15) is 23.1 Å². The normalized spacial score (nSPS) is 14.3. The van der Waals surface area contributed by atoms with Gasteiger partial charge in [-0.05, 0) is 29.3 Å². The summed E-state index contributed by atoms with van der Waals surface area (Å²) in [5, 5.41) is 9.38. The maximum atomic E-state index is 12.9. The zero-order chi connectivity index (χ0) is 16.8. The first kappa shape index (κ1) is 15.7. The van der Waals surface area contributed by atoms with Crippen molar-refractivity contribution in [1.82, 2.24) is 4.90 Å². The minimum Gasteiger partial charge on any atom is -0.507 e. The summed E-state index contributed by atoms with van der Waals surface area (Å²) in [5.41, 5.74) is 0.253. The quantitative estimate of drug-likeness (QED) is 0.888. The summed E-state index contributed by atoms with van der Waals surface area (Å²) in [7, 11) is 0. The molecule has 1 aliphatic heterocycles. The Bertz CT molecular complexity index is 789. The van der Waals surface area contributed by atoms with E-state index in [-0.39, 0.29) is 29.4 Å². The van der Waals surface area contributed by atoms with Crippen molar-refractivity contribution in [3.63, 3.8) is 0 Å². The highest BCUT2D eigenvalue weighted by atomic mass is 35.5. The first-order valence-corrected chi connectivity index (χ1v) is 7.11. The number of amides is 1. The van der Waals surface area contributed by atoms with E-state index in [1.165, 1.54) is 23.1 Å². The van der Waals surface area contributed by atoms with Gasteiger partial charge in [-0.3, -0.25) is 4.79 Å². The fraction of sp³-hybridized carbons (Fsp3) is 0.188. The fourth-order valence-corrected chi connectivity index (χ4v) is 2.86. The molecule has 0 atom stereocenters. The van der Waals surface area contributed by atoms with Crippen molar-refractivity contribution in [3.05, 3.63) is 63.7 Å². The second kappa shape index (κ2) is 5.45. The molecular weight excluding hydrogens is 331 g/mol. The number of fused-ring (bicyclic) bond motifs is 1. The number of halogens is 4. The fourth-order valence-electron chi connectivity index (χ4n) is 2.64. The van der Waals surface area contributed by atoms with Crippen molar-refractivity contribution < 1.29 is 23.1 Å². The van der Waals surface area contributed by atoms with E-state index in [0.717, 1.165) is 6.07 Å². The zero-order valence-corrected chi connectivity index (χ0v) is 12.4. The molecule has 23 heavy (non-hydrogen) atoms. The van der Waals surface area contributed by atoms with Crippen molar-refractivity contribution in [2.45, 2.75) is 19.3 Å². The predicted octanol–water partition coefficient (Wildman–Crippen LogP) is 4.22. The van der Waals surface area contributed by atoms with Crippen LogP contribution in [0.3, 0.4) is 0 Å². The van der Waals surface area contributed by atoms with E-state index in [0.29, 0.717) is 11.1 Å². The van der Waals surface area contributed by atoms with Crippen LogP contribution >= 0.6 is 11.6 Å². The predicted molar refractivity (Wildman–Crippen MR) is 78.1 cm³/mol. The summed E-state index contributed by atoms with van der Waals surface area (Å²) in [6, 6.07) is 8.30. The molecule has 120 valence electrons. The molecule has 0 fully saturated rings. The third-order valence-corrected chi connectivity index (χ3v) is 4.03. The highest BCUT2D eigenvalue weighted by Crippen LogP contribution is 2.36. The van der Waals surface area contributed by atoms with Gasteiger partial charge in [0.05, 0.1) is 16.1 Å². The molecule has 2 aromatic rings.